The zero-order valence-corrected chi connectivity index (χ0v) is 17.8. The molecule has 1 aliphatic rings. The molecule has 1 fully saturated rings. The molecular formula is C21H22ClN3O3S. The summed E-state index contributed by atoms with van der Waals surface area (Å²) < 4.78 is 7.50. The first-order valence-electron chi connectivity index (χ1n) is 9.44. The summed E-state index contributed by atoms with van der Waals surface area (Å²) in [4.78, 5) is 27.6. The van der Waals surface area contributed by atoms with E-state index in [4.69, 9.17) is 16.3 Å². The lowest BCUT2D eigenvalue weighted by atomic mass is 10.2. The quantitative estimate of drug-likeness (QED) is 0.653. The van der Waals surface area contributed by atoms with Gasteiger partial charge in [0.05, 0.1) is 4.53 Å². The zero-order chi connectivity index (χ0) is 20.8. The SMILES string of the molecule is COCCCn1c(=O)/c(=C\c2ccc(Cl)cc2)s/c1=C(/C#N)C(=O)N1CCCC1. The number of methoxy groups -OCH3 is 1. The molecule has 0 atom stereocenters. The predicted molar refractivity (Wildman–Crippen MR) is 114 cm³/mol. The minimum absolute atomic E-state index is 0.0298. The molecule has 152 valence electrons. The molecule has 1 aromatic carbocycles. The third-order valence-electron chi connectivity index (χ3n) is 4.74. The van der Waals surface area contributed by atoms with E-state index >= 15 is 0 Å². The van der Waals surface area contributed by atoms with Crippen molar-refractivity contribution in [3.63, 3.8) is 0 Å². The summed E-state index contributed by atoms with van der Waals surface area (Å²) in [5.74, 6) is -0.301. The molecule has 1 aliphatic heterocycles. The lowest BCUT2D eigenvalue weighted by molar-refractivity contribution is -0.123. The Morgan fingerprint density at radius 3 is 2.62 bits per heavy atom. The van der Waals surface area contributed by atoms with Gasteiger partial charge in [-0.1, -0.05) is 23.7 Å². The molecule has 0 N–H and O–H groups in total. The molecule has 3 rings (SSSR count). The number of nitrogens with zero attached hydrogens (tertiary/aromatic N) is 3. The number of benzene rings is 1. The highest BCUT2D eigenvalue weighted by Crippen LogP contribution is 2.12. The number of thiazole rings is 1. The lowest BCUT2D eigenvalue weighted by Gasteiger charge is -2.14. The number of halogens is 1. The Balaban J connectivity index is 2.15. The van der Waals surface area contributed by atoms with E-state index in [1.165, 1.54) is 15.9 Å². The highest BCUT2D eigenvalue weighted by Gasteiger charge is 2.24. The molecule has 0 radical (unpaired) electrons. The molecule has 0 aliphatic carbocycles. The van der Waals surface area contributed by atoms with E-state index in [1.807, 2.05) is 12.1 Å². The molecule has 2 aromatic rings. The van der Waals surface area contributed by atoms with Gasteiger partial charge in [-0.15, -0.1) is 11.3 Å². The van der Waals surface area contributed by atoms with E-state index in [-0.39, 0.29) is 17.0 Å². The molecule has 0 saturated carbocycles. The molecule has 1 amide bonds. The average Bonchev–Trinajstić information content (AvgIpc) is 3.35. The Morgan fingerprint density at radius 1 is 1.31 bits per heavy atom. The smallest absolute Gasteiger partial charge is 0.269 e. The van der Waals surface area contributed by atoms with Gasteiger partial charge in [-0.05, 0) is 43.0 Å². The van der Waals surface area contributed by atoms with Crippen molar-refractivity contribution in [1.82, 2.24) is 9.47 Å². The van der Waals surface area contributed by atoms with Gasteiger partial charge in [0, 0.05) is 38.4 Å². The predicted octanol–water partition coefficient (Wildman–Crippen LogP) is 1.73. The lowest BCUT2D eigenvalue weighted by Crippen LogP contribution is -2.36. The first kappa shape index (κ1) is 21.3. The molecular weight excluding hydrogens is 410 g/mol. The zero-order valence-electron chi connectivity index (χ0n) is 16.2. The van der Waals surface area contributed by atoms with Gasteiger partial charge in [-0.3, -0.25) is 14.2 Å². The number of carbonyl (C=O) groups is 1. The van der Waals surface area contributed by atoms with Crippen molar-refractivity contribution in [3.8, 4) is 6.07 Å². The monoisotopic (exact) mass is 431 g/mol. The van der Waals surface area contributed by atoms with E-state index in [1.54, 1.807) is 30.2 Å². The van der Waals surface area contributed by atoms with Crippen molar-refractivity contribution in [1.29, 1.82) is 5.26 Å². The van der Waals surface area contributed by atoms with E-state index in [0.29, 0.717) is 46.9 Å². The van der Waals surface area contributed by atoms with Crippen LogP contribution in [0.4, 0.5) is 0 Å². The maximum absolute atomic E-state index is 13.0. The largest absolute Gasteiger partial charge is 0.385 e. The van der Waals surface area contributed by atoms with Gasteiger partial charge < -0.3 is 9.64 Å². The van der Waals surface area contributed by atoms with Crippen LogP contribution in [0.25, 0.3) is 11.6 Å². The second-order valence-electron chi connectivity index (χ2n) is 6.76. The molecule has 1 aromatic heterocycles. The minimum Gasteiger partial charge on any atom is -0.385 e. The minimum atomic E-state index is -0.301. The average molecular weight is 432 g/mol. The van der Waals surface area contributed by atoms with Gasteiger partial charge >= 0.3 is 0 Å². The van der Waals surface area contributed by atoms with Crippen LogP contribution in [-0.4, -0.2) is 42.2 Å². The van der Waals surface area contributed by atoms with Crippen molar-refractivity contribution < 1.29 is 9.53 Å². The van der Waals surface area contributed by atoms with E-state index in [0.717, 1.165) is 18.4 Å². The number of carbonyl (C=O) groups excluding carboxylic acids is 1. The van der Waals surface area contributed by atoms with Crippen LogP contribution >= 0.6 is 22.9 Å². The topological polar surface area (TPSA) is 75.3 Å². The normalized spacial score (nSPS) is 15.5. The maximum atomic E-state index is 13.0. The summed E-state index contributed by atoms with van der Waals surface area (Å²) in [7, 11) is 1.60. The van der Waals surface area contributed by atoms with Crippen LogP contribution in [-0.2, 0) is 16.1 Å². The molecule has 0 unspecified atom stereocenters. The molecule has 6 nitrogen and oxygen atoms in total. The van der Waals surface area contributed by atoms with Crippen LogP contribution < -0.4 is 14.8 Å². The molecule has 29 heavy (non-hydrogen) atoms. The number of hydrogen-bond donors (Lipinski definition) is 0. The van der Waals surface area contributed by atoms with E-state index < -0.39 is 0 Å². The number of rotatable bonds is 6. The number of nitriles is 1. The second kappa shape index (κ2) is 9.88. The van der Waals surface area contributed by atoms with Crippen molar-refractivity contribution in [2.24, 2.45) is 0 Å². The first-order valence-corrected chi connectivity index (χ1v) is 10.6. The molecule has 0 spiro atoms. The van der Waals surface area contributed by atoms with Crippen LogP contribution in [0.15, 0.2) is 29.1 Å². The first-order chi connectivity index (χ1) is 14.0. The van der Waals surface area contributed by atoms with Crippen LogP contribution in [0.5, 0.6) is 0 Å². The number of ether oxygens (including phenoxy) is 1. The number of likely N-dealkylation sites (tertiary alicyclic amines) is 1. The number of aromatic nitrogens is 1. The second-order valence-corrected chi connectivity index (χ2v) is 8.22. The fraction of sp³-hybridized carbons (Fsp3) is 0.381. The van der Waals surface area contributed by atoms with Crippen molar-refractivity contribution >= 4 is 40.5 Å². The van der Waals surface area contributed by atoms with Crippen LogP contribution in [0, 0.1) is 11.3 Å². The fourth-order valence-corrected chi connectivity index (χ4v) is 4.50. The van der Waals surface area contributed by atoms with Gasteiger partial charge in [0.15, 0.2) is 5.57 Å². The Kier molecular flexibility index (Phi) is 7.26. The maximum Gasteiger partial charge on any atom is 0.269 e. The standard InChI is InChI=1S/C21H22ClN3O3S/c1-28-12-4-11-25-20(27)18(13-15-5-7-16(22)8-6-15)29-21(25)17(14-23)19(26)24-9-2-3-10-24/h5-8,13H,2-4,9-12H2,1H3/b18-13+,21-17-. The van der Waals surface area contributed by atoms with E-state index in [2.05, 4.69) is 6.07 Å². The van der Waals surface area contributed by atoms with Gasteiger partial charge in [0.25, 0.3) is 11.5 Å². The Bertz CT molecular complexity index is 1090. The summed E-state index contributed by atoms with van der Waals surface area (Å²) in [6.07, 6.45) is 4.24. The Hall–Kier alpha value is -2.40. The van der Waals surface area contributed by atoms with Gasteiger partial charge in [0.2, 0.25) is 0 Å². The number of amides is 1. The molecule has 1 saturated heterocycles. The van der Waals surface area contributed by atoms with Crippen molar-refractivity contribution in [2.45, 2.75) is 25.8 Å². The summed E-state index contributed by atoms with van der Waals surface area (Å²) in [5, 5.41) is 10.3. The van der Waals surface area contributed by atoms with Crippen molar-refractivity contribution in [3.05, 3.63) is 54.4 Å². The fourth-order valence-electron chi connectivity index (χ4n) is 3.25. The van der Waals surface area contributed by atoms with Gasteiger partial charge in [-0.25, -0.2) is 0 Å². The highest BCUT2D eigenvalue weighted by atomic mass is 35.5. The summed E-state index contributed by atoms with van der Waals surface area (Å²) in [6, 6.07) is 9.20. The van der Waals surface area contributed by atoms with Crippen LogP contribution in [0.3, 0.4) is 0 Å². The highest BCUT2D eigenvalue weighted by molar-refractivity contribution is 7.07. The van der Waals surface area contributed by atoms with E-state index in [9.17, 15) is 14.9 Å². The van der Waals surface area contributed by atoms with Crippen molar-refractivity contribution in [2.75, 3.05) is 26.8 Å². The van der Waals surface area contributed by atoms with Gasteiger partial charge in [-0.2, -0.15) is 5.26 Å². The Labute approximate surface area is 177 Å². The summed E-state index contributed by atoms with van der Waals surface area (Å²) in [6.45, 7) is 2.16. The summed E-state index contributed by atoms with van der Waals surface area (Å²) in [5.41, 5.74) is 0.646. The van der Waals surface area contributed by atoms with Crippen LogP contribution in [0.1, 0.15) is 24.8 Å². The molecule has 0 bridgehead atoms. The molecule has 8 heteroatoms. The summed E-state index contributed by atoms with van der Waals surface area (Å²) >= 11 is 7.11. The third-order valence-corrected chi connectivity index (χ3v) is 6.12. The third kappa shape index (κ3) is 4.96. The van der Waals surface area contributed by atoms with Crippen LogP contribution in [0.2, 0.25) is 5.02 Å². The van der Waals surface area contributed by atoms with Gasteiger partial charge in [0.1, 0.15) is 10.7 Å². The number of hydrogen-bond acceptors (Lipinski definition) is 5. The Morgan fingerprint density at radius 2 is 2.00 bits per heavy atom. The molecule has 2 heterocycles.